The fourth-order valence-corrected chi connectivity index (χ4v) is 4.39. The average Bonchev–Trinajstić information content (AvgIpc) is 3.03. The summed E-state index contributed by atoms with van der Waals surface area (Å²) in [6, 6.07) is 15.8. The van der Waals surface area contributed by atoms with E-state index in [1.807, 2.05) is 24.3 Å². The van der Waals surface area contributed by atoms with Crippen molar-refractivity contribution in [2.24, 2.45) is 5.41 Å². The highest BCUT2D eigenvalue weighted by molar-refractivity contribution is 5.84. The molecule has 1 fully saturated rings. The number of aliphatic carboxylic acids is 1. The molecule has 2 amide bonds. The van der Waals surface area contributed by atoms with Crippen LogP contribution in [0, 0.1) is 5.41 Å². The van der Waals surface area contributed by atoms with Gasteiger partial charge in [0, 0.05) is 31.5 Å². The number of hydrogen-bond acceptors (Lipinski definition) is 4. The molecule has 2 N–H and O–H groups in total. The maximum Gasteiger partial charge on any atom is 0.407 e. The van der Waals surface area contributed by atoms with Crippen LogP contribution in [-0.4, -0.2) is 53.7 Å². The first-order valence-electron chi connectivity index (χ1n) is 10.4. The first kappa shape index (κ1) is 20.9. The number of carbonyl (C=O) groups is 3. The third kappa shape index (κ3) is 4.00. The van der Waals surface area contributed by atoms with Gasteiger partial charge in [0.2, 0.25) is 5.91 Å². The molecule has 1 aliphatic heterocycles. The summed E-state index contributed by atoms with van der Waals surface area (Å²) in [6.07, 6.45) is -0.471. The van der Waals surface area contributed by atoms with Gasteiger partial charge in [-0.2, -0.15) is 0 Å². The van der Waals surface area contributed by atoms with Gasteiger partial charge in [-0.3, -0.25) is 9.59 Å². The smallest absolute Gasteiger partial charge is 0.407 e. The number of amides is 2. The molecular weight excluding hydrogens is 396 g/mol. The zero-order valence-corrected chi connectivity index (χ0v) is 17.6. The molecule has 7 nitrogen and oxygen atoms in total. The van der Waals surface area contributed by atoms with Crippen molar-refractivity contribution in [3.63, 3.8) is 0 Å². The van der Waals surface area contributed by atoms with Crippen LogP contribution in [0.3, 0.4) is 0 Å². The van der Waals surface area contributed by atoms with Crippen LogP contribution in [0.25, 0.3) is 11.1 Å². The van der Waals surface area contributed by atoms with Crippen LogP contribution in [0.2, 0.25) is 0 Å². The predicted octanol–water partition coefficient (Wildman–Crippen LogP) is 3.24. The van der Waals surface area contributed by atoms with Crippen molar-refractivity contribution in [3.05, 3.63) is 59.7 Å². The summed E-state index contributed by atoms with van der Waals surface area (Å²) < 4.78 is 5.50. The topological polar surface area (TPSA) is 95.9 Å². The highest BCUT2D eigenvalue weighted by Crippen LogP contribution is 2.44. The molecule has 1 unspecified atom stereocenters. The van der Waals surface area contributed by atoms with E-state index in [1.54, 1.807) is 13.8 Å². The second-order valence-electron chi connectivity index (χ2n) is 8.69. The molecule has 0 bridgehead atoms. The number of likely N-dealkylation sites (tertiary alicyclic amines) is 1. The number of alkyl carbamates (subject to hydrolysis) is 1. The van der Waals surface area contributed by atoms with Crippen molar-refractivity contribution < 1.29 is 24.2 Å². The molecule has 2 aromatic rings. The van der Waals surface area contributed by atoms with Crippen LogP contribution in [0.4, 0.5) is 4.79 Å². The fraction of sp³-hybridized carbons (Fsp3) is 0.375. The van der Waals surface area contributed by atoms with E-state index < -0.39 is 23.5 Å². The Morgan fingerprint density at radius 1 is 1.10 bits per heavy atom. The van der Waals surface area contributed by atoms with Crippen LogP contribution in [0.1, 0.15) is 37.3 Å². The van der Waals surface area contributed by atoms with Crippen LogP contribution in [0.15, 0.2) is 48.5 Å². The number of nitrogens with zero attached hydrogens (tertiary/aromatic N) is 1. The van der Waals surface area contributed by atoms with E-state index in [9.17, 15) is 14.4 Å². The van der Waals surface area contributed by atoms with Gasteiger partial charge in [-0.05, 0) is 36.1 Å². The molecule has 0 aromatic heterocycles. The van der Waals surface area contributed by atoms with Crippen LogP contribution < -0.4 is 5.32 Å². The highest BCUT2D eigenvalue weighted by Gasteiger charge is 2.47. The summed E-state index contributed by atoms with van der Waals surface area (Å²) in [5, 5.41) is 11.9. The Hall–Kier alpha value is -3.35. The summed E-state index contributed by atoms with van der Waals surface area (Å²) in [5.74, 6) is -1.10. The van der Waals surface area contributed by atoms with Gasteiger partial charge < -0.3 is 20.1 Å². The average molecular weight is 422 g/mol. The Balaban J connectivity index is 1.29. The van der Waals surface area contributed by atoms with Crippen LogP contribution in [0.5, 0.6) is 0 Å². The molecule has 0 spiro atoms. The standard InChI is InChI=1S/C24H26N2O5/c1-15(11-21(27)26-13-24(2,14-26)22(28)29)25-23(30)31-12-20-18-9-5-3-7-16(18)17-8-4-6-10-19(17)20/h3-10,15,20H,11-14H2,1-2H3,(H,25,30)(H,28,29). The van der Waals surface area contributed by atoms with Crippen molar-refractivity contribution in [2.75, 3.05) is 19.7 Å². The molecule has 31 heavy (non-hydrogen) atoms. The zero-order chi connectivity index (χ0) is 22.2. The molecule has 4 rings (SSSR count). The van der Waals surface area contributed by atoms with Gasteiger partial charge in [0.15, 0.2) is 0 Å². The summed E-state index contributed by atoms with van der Waals surface area (Å²) >= 11 is 0. The first-order valence-corrected chi connectivity index (χ1v) is 10.4. The van der Waals surface area contributed by atoms with E-state index in [0.29, 0.717) is 0 Å². The number of carboxylic acid groups (broad SMARTS) is 1. The predicted molar refractivity (Wildman–Crippen MR) is 115 cm³/mol. The van der Waals surface area contributed by atoms with Gasteiger partial charge in [-0.25, -0.2) is 4.79 Å². The van der Waals surface area contributed by atoms with E-state index in [4.69, 9.17) is 9.84 Å². The van der Waals surface area contributed by atoms with Gasteiger partial charge >= 0.3 is 12.1 Å². The lowest BCUT2D eigenvalue weighted by Gasteiger charge is -2.45. The van der Waals surface area contributed by atoms with E-state index >= 15 is 0 Å². The Labute approximate surface area is 181 Å². The summed E-state index contributed by atoms with van der Waals surface area (Å²) in [5.41, 5.74) is 3.72. The van der Waals surface area contributed by atoms with Gasteiger partial charge in [-0.15, -0.1) is 0 Å². The van der Waals surface area contributed by atoms with E-state index in [-0.39, 0.29) is 37.9 Å². The Bertz CT molecular complexity index is 983. The maximum atomic E-state index is 12.3. The van der Waals surface area contributed by atoms with Crippen LogP contribution in [-0.2, 0) is 14.3 Å². The number of nitrogens with one attached hydrogen (secondary N) is 1. The minimum atomic E-state index is -0.902. The largest absolute Gasteiger partial charge is 0.481 e. The summed E-state index contributed by atoms with van der Waals surface area (Å²) in [4.78, 5) is 37.3. The molecule has 2 aliphatic rings. The van der Waals surface area contributed by atoms with Gasteiger partial charge in [-0.1, -0.05) is 48.5 Å². The third-order valence-electron chi connectivity index (χ3n) is 6.14. The molecule has 1 atom stereocenters. The van der Waals surface area contributed by atoms with Crippen molar-refractivity contribution in [1.29, 1.82) is 0 Å². The molecule has 0 radical (unpaired) electrons. The molecule has 0 saturated carbocycles. The number of rotatable bonds is 6. The lowest BCUT2D eigenvalue weighted by atomic mass is 9.82. The first-order chi connectivity index (χ1) is 14.8. The molecule has 162 valence electrons. The molecular formula is C24H26N2O5. The van der Waals surface area contributed by atoms with E-state index in [0.717, 1.165) is 22.3 Å². The summed E-state index contributed by atoms with van der Waals surface area (Å²) in [7, 11) is 0. The van der Waals surface area contributed by atoms with Crippen molar-refractivity contribution in [3.8, 4) is 11.1 Å². The summed E-state index contributed by atoms with van der Waals surface area (Å²) in [6.45, 7) is 3.95. The van der Waals surface area contributed by atoms with E-state index in [2.05, 4.69) is 29.6 Å². The number of fused-ring (bicyclic) bond motifs is 3. The molecule has 1 saturated heterocycles. The quantitative estimate of drug-likeness (QED) is 0.745. The fourth-order valence-electron chi connectivity index (χ4n) is 4.39. The third-order valence-corrected chi connectivity index (χ3v) is 6.14. The minimum absolute atomic E-state index is 0.0233. The molecule has 2 aromatic carbocycles. The lowest BCUT2D eigenvalue weighted by molar-refractivity contribution is -0.164. The van der Waals surface area contributed by atoms with E-state index in [1.165, 1.54) is 4.90 Å². The molecule has 1 aliphatic carbocycles. The minimum Gasteiger partial charge on any atom is -0.481 e. The molecule has 1 heterocycles. The Morgan fingerprint density at radius 3 is 2.19 bits per heavy atom. The number of benzene rings is 2. The number of hydrogen-bond donors (Lipinski definition) is 2. The Kier molecular flexibility index (Phi) is 5.43. The number of carbonyl (C=O) groups excluding carboxylic acids is 2. The second kappa shape index (κ2) is 8.06. The second-order valence-corrected chi connectivity index (χ2v) is 8.69. The van der Waals surface area contributed by atoms with Crippen molar-refractivity contribution in [1.82, 2.24) is 10.2 Å². The Morgan fingerprint density at radius 2 is 1.65 bits per heavy atom. The lowest BCUT2D eigenvalue weighted by Crippen LogP contribution is -2.61. The molecule has 7 heteroatoms. The highest BCUT2D eigenvalue weighted by atomic mass is 16.5. The van der Waals surface area contributed by atoms with Crippen LogP contribution >= 0.6 is 0 Å². The SMILES string of the molecule is CC(CC(=O)N1CC(C)(C(=O)O)C1)NC(=O)OCC1c2ccccc2-c2ccccc21. The van der Waals surface area contributed by atoms with Gasteiger partial charge in [0.25, 0.3) is 0 Å². The maximum absolute atomic E-state index is 12.3. The van der Waals surface area contributed by atoms with Gasteiger partial charge in [0.1, 0.15) is 6.61 Å². The van der Waals surface area contributed by atoms with Crippen molar-refractivity contribution in [2.45, 2.75) is 32.2 Å². The van der Waals surface area contributed by atoms with Crippen molar-refractivity contribution >= 4 is 18.0 Å². The normalized spacial score (nSPS) is 17.2. The number of carboxylic acids is 1. The van der Waals surface area contributed by atoms with Gasteiger partial charge in [0.05, 0.1) is 5.41 Å². The zero-order valence-electron chi connectivity index (χ0n) is 17.6. The monoisotopic (exact) mass is 422 g/mol. The number of ether oxygens (including phenoxy) is 1.